The van der Waals surface area contributed by atoms with Gasteiger partial charge in [-0.05, 0) is 11.6 Å². The Labute approximate surface area is 189 Å². The van der Waals surface area contributed by atoms with Gasteiger partial charge in [0.05, 0.1) is 12.7 Å². The summed E-state index contributed by atoms with van der Waals surface area (Å²) in [6.07, 6.45) is 1.73. The molecule has 8 heteroatoms. The Morgan fingerprint density at radius 3 is 2.75 bits per heavy atom. The summed E-state index contributed by atoms with van der Waals surface area (Å²) in [4.78, 5) is 33.1. The van der Waals surface area contributed by atoms with E-state index in [4.69, 9.17) is 9.47 Å². The van der Waals surface area contributed by atoms with Crippen molar-refractivity contribution in [1.82, 2.24) is 9.97 Å². The van der Waals surface area contributed by atoms with Crippen LogP contribution < -0.4 is 20.3 Å². The quantitative estimate of drug-likeness (QED) is 0.305. The van der Waals surface area contributed by atoms with E-state index in [1.165, 1.54) is 11.8 Å². The van der Waals surface area contributed by atoms with Crippen molar-refractivity contribution in [2.75, 3.05) is 19.0 Å². The van der Waals surface area contributed by atoms with Crippen molar-refractivity contribution in [2.45, 2.75) is 23.2 Å². The standard InChI is InChI=1S/C24H23N3O4S/c1-3-12-31-21-16(10-7-11-18(21)30-2)17-13-19(28)25-22-20(17)23(29)27-24(26-22)32-14-15-8-5-4-6-9-15/h3-11,17H,1,12-14H2,2H3,(H2,25,26,27,28,29)/t17-/m1/s1. The molecular weight excluding hydrogens is 426 g/mol. The normalized spacial score (nSPS) is 14.9. The Balaban J connectivity index is 1.72. The number of rotatable bonds is 8. The monoisotopic (exact) mass is 449 g/mol. The average Bonchev–Trinajstić information content (AvgIpc) is 2.81. The molecule has 0 saturated heterocycles. The van der Waals surface area contributed by atoms with Gasteiger partial charge in [0.1, 0.15) is 12.4 Å². The lowest BCUT2D eigenvalue weighted by Crippen LogP contribution is -2.31. The predicted octanol–water partition coefficient (Wildman–Crippen LogP) is 4.11. The fourth-order valence-corrected chi connectivity index (χ4v) is 4.49. The van der Waals surface area contributed by atoms with E-state index >= 15 is 0 Å². The molecule has 1 aliphatic rings. The molecule has 32 heavy (non-hydrogen) atoms. The van der Waals surface area contributed by atoms with Crippen molar-refractivity contribution >= 4 is 23.5 Å². The van der Waals surface area contributed by atoms with Gasteiger partial charge < -0.3 is 19.8 Å². The van der Waals surface area contributed by atoms with Gasteiger partial charge in [0.2, 0.25) is 5.91 Å². The maximum atomic E-state index is 13.1. The Bertz CT molecular complexity index is 1190. The number of thioether (sulfide) groups is 1. The fraction of sp³-hybridized carbons (Fsp3) is 0.208. The maximum absolute atomic E-state index is 13.1. The van der Waals surface area contributed by atoms with Crippen molar-refractivity contribution in [2.24, 2.45) is 0 Å². The van der Waals surface area contributed by atoms with Crippen LogP contribution in [0.2, 0.25) is 0 Å². The summed E-state index contributed by atoms with van der Waals surface area (Å²) in [5.41, 5.74) is 1.93. The summed E-state index contributed by atoms with van der Waals surface area (Å²) in [7, 11) is 1.55. The number of nitrogens with one attached hydrogen (secondary N) is 2. The molecule has 0 bridgehead atoms. The number of para-hydroxylation sites is 1. The third-order valence-electron chi connectivity index (χ3n) is 5.10. The van der Waals surface area contributed by atoms with Crippen LogP contribution in [0, 0.1) is 0 Å². The number of hydrogen-bond donors (Lipinski definition) is 2. The smallest absolute Gasteiger partial charge is 0.257 e. The highest BCUT2D eigenvalue weighted by molar-refractivity contribution is 7.98. The highest BCUT2D eigenvalue weighted by Crippen LogP contribution is 2.42. The molecule has 0 radical (unpaired) electrons. The molecule has 164 valence electrons. The van der Waals surface area contributed by atoms with Gasteiger partial charge >= 0.3 is 0 Å². The van der Waals surface area contributed by atoms with Gasteiger partial charge in [-0.1, -0.05) is 66.9 Å². The van der Waals surface area contributed by atoms with Gasteiger partial charge in [0, 0.05) is 23.7 Å². The van der Waals surface area contributed by atoms with Crippen LogP contribution in [0.1, 0.15) is 29.0 Å². The van der Waals surface area contributed by atoms with Crippen molar-refractivity contribution in [3.63, 3.8) is 0 Å². The first-order chi connectivity index (χ1) is 15.6. The van der Waals surface area contributed by atoms with E-state index in [0.29, 0.717) is 33.5 Å². The third kappa shape index (κ3) is 4.55. The molecule has 2 heterocycles. The second-order valence-corrected chi connectivity index (χ2v) is 8.15. The molecule has 4 rings (SSSR count). The molecule has 0 aliphatic carbocycles. The number of nitrogens with zero attached hydrogens (tertiary/aromatic N) is 1. The summed E-state index contributed by atoms with van der Waals surface area (Å²) in [5, 5.41) is 3.21. The first-order valence-corrected chi connectivity index (χ1v) is 11.1. The van der Waals surface area contributed by atoms with Crippen LogP contribution in [-0.2, 0) is 10.5 Å². The Morgan fingerprint density at radius 1 is 1.19 bits per heavy atom. The molecule has 2 N–H and O–H groups in total. The van der Waals surface area contributed by atoms with Crippen LogP contribution in [0.3, 0.4) is 0 Å². The van der Waals surface area contributed by atoms with E-state index in [0.717, 1.165) is 5.56 Å². The lowest BCUT2D eigenvalue weighted by Gasteiger charge is -2.26. The summed E-state index contributed by atoms with van der Waals surface area (Å²) in [6, 6.07) is 15.3. The molecule has 2 aromatic carbocycles. The molecule has 1 amide bonds. The number of aromatic amines is 1. The first kappa shape index (κ1) is 21.7. The molecule has 1 atom stereocenters. The third-order valence-corrected chi connectivity index (χ3v) is 6.04. The first-order valence-electron chi connectivity index (χ1n) is 10.1. The van der Waals surface area contributed by atoms with E-state index in [-0.39, 0.29) is 30.3 Å². The van der Waals surface area contributed by atoms with Gasteiger partial charge in [-0.2, -0.15) is 0 Å². The summed E-state index contributed by atoms with van der Waals surface area (Å²) in [5.74, 6) is 1.21. The highest BCUT2D eigenvalue weighted by Gasteiger charge is 2.33. The Kier molecular flexibility index (Phi) is 6.61. The number of benzene rings is 2. The zero-order chi connectivity index (χ0) is 22.5. The summed E-state index contributed by atoms with van der Waals surface area (Å²) >= 11 is 1.41. The largest absolute Gasteiger partial charge is 0.493 e. The predicted molar refractivity (Wildman–Crippen MR) is 125 cm³/mol. The number of H-pyrrole nitrogens is 1. The Morgan fingerprint density at radius 2 is 2.00 bits per heavy atom. The lowest BCUT2D eigenvalue weighted by molar-refractivity contribution is -0.116. The summed E-state index contributed by atoms with van der Waals surface area (Å²) < 4.78 is 11.3. The topological polar surface area (TPSA) is 93.3 Å². The average molecular weight is 450 g/mol. The van der Waals surface area contributed by atoms with Crippen molar-refractivity contribution in [3.05, 3.63) is 88.2 Å². The molecule has 3 aromatic rings. The number of anilines is 1. The zero-order valence-corrected chi connectivity index (χ0v) is 18.4. The molecule has 0 fully saturated rings. The fourth-order valence-electron chi connectivity index (χ4n) is 3.68. The van der Waals surface area contributed by atoms with E-state index in [9.17, 15) is 9.59 Å². The minimum atomic E-state index is -0.516. The van der Waals surface area contributed by atoms with Crippen LogP contribution in [0.15, 0.2) is 71.1 Å². The minimum Gasteiger partial charge on any atom is -0.493 e. The number of fused-ring (bicyclic) bond motifs is 1. The molecule has 0 unspecified atom stereocenters. The van der Waals surface area contributed by atoms with Gasteiger partial charge in [-0.3, -0.25) is 9.59 Å². The van der Waals surface area contributed by atoms with Gasteiger partial charge in [0.25, 0.3) is 5.56 Å². The van der Waals surface area contributed by atoms with Crippen molar-refractivity contribution < 1.29 is 14.3 Å². The van der Waals surface area contributed by atoms with Crippen molar-refractivity contribution in [3.8, 4) is 11.5 Å². The van der Waals surface area contributed by atoms with E-state index < -0.39 is 5.92 Å². The van der Waals surface area contributed by atoms with Crippen LogP contribution in [-0.4, -0.2) is 29.6 Å². The molecule has 1 aromatic heterocycles. The van der Waals surface area contributed by atoms with Crippen LogP contribution in [0.4, 0.5) is 5.82 Å². The number of ether oxygens (including phenoxy) is 2. The second-order valence-electron chi connectivity index (χ2n) is 7.19. The van der Waals surface area contributed by atoms with Crippen LogP contribution in [0.5, 0.6) is 11.5 Å². The van der Waals surface area contributed by atoms with E-state index in [2.05, 4.69) is 21.9 Å². The zero-order valence-electron chi connectivity index (χ0n) is 17.6. The molecule has 1 aliphatic heterocycles. The number of amides is 1. The van der Waals surface area contributed by atoms with E-state index in [1.54, 1.807) is 19.3 Å². The van der Waals surface area contributed by atoms with Crippen LogP contribution >= 0.6 is 11.8 Å². The number of hydrogen-bond acceptors (Lipinski definition) is 6. The Hall–Kier alpha value is -3.52. The summed E-state index contributed by atoms with van der Waals surface area (Å²) in [6.45, 7) is 3.95. The lowest BCUT2D eigenvalue weighted by atomic mass is 9.86. The second kappa shape index (κ2) is 9.74. The van der Waals surface area contributed by atoms with Gasteiger partial charge in [0.15, 0.2) is 16.7 Å². The number of carbonyl (C=O) groups is 1. The van der Waals surface area contributed by atoms with Crippen molar-refractivity contribution in [1.29, 1.82) is 0 Å². The molecule has 7 nitrogen and oxygen atoms in total. The number of aromatic nitrogens is 2. The number of methoxy groups -OCH3 is 1. The molecular formula is C24H23N3O4S. The highest BCUT2D eigenvalue weighted by atomic mass is 32.2. The maximum Gasteiger partial charge on any atom is 0.257 e. The minimum absolute atomic E-state index is 0.103. The number of carbonyl (C=O) groups excluding carboxylic acids is 1. The van der Waals surface area contributed by atoms with Gasteiger partial charge in [-0.15, -0.1) is 0 Å². The molecule has 0 saturated carbocycles. The van der Waals surface area contributed by atoms with Crippen LogP contribution in [0.25, 0.3) is 0 Å². The van der Waals surface area contributed by atoms with E-state index in [1.807, 2.05) is 42.5 Å². The SMILES string of the molecule is C=CCOc1c(OC)cccc1[C@H]1CC(=O)Nc2nc(SCc3ccccc3)[nH]c(=O)c21. The molecule has 0 spiro atoms. The van der Waals surface area contributed by atoms with Gasteiger partial charge in [-0.25, -0.2) is 4.98 Å².